The van der Waals surface area contributed by atoms with Crippen LogP contribution in [-0.2, 0) is 32.2 Å². The van der Waals surface area contributed by atoms with Crippen LogP contribution in [0.2, 0.25) is 0 Å². The van der Waals surface area contributed by atoms with Crippen molar-refractivity contribution < 1.29 is 29.2 Å². The van der Waals surface area contributed by atoms with Crippen molar-refractivity contribution in [2.75, 3.05) is 19.8 Å². The van der Waals surface area contributed by atoms with Crippen molar-refractivity contribution >= 4 is 0 Å². The highest BCUT2D eigenvalue weighted by Crippen LogP contribution is 2.26. The molecule has 5 atom stereocenters. The van der Waals surface area contributed by atoms with Crippen LogP contribution < -0.4 is 0 Å². The van der Waals surface area contributed by atoms with Gasteiger partial charge in [0.2, 0.25) is 0 Å². The molecule has 0 radical (unpaired) electrons. The van der Waals surface area contributed by atoms with Crippen LogP contribution in [0.25, 0.3) is 10.4 Å². The molecule has 2 aromatic rings. The zero-order chi connectivity index (χ0) is 21.9. The quantitative estimate of drug-likeness (QED) is 0.245. The molecule has 31 heavy (non-hydrogen) atoms. The first kappa shape index (κ1) is 23.2. The van der Waals surface area contributed by atoms with Crippen LogP contribution in [0.15, 0.2) is 65.8 Å². The Kier molecular flexibility index (Phi) is 9.26. The van der Waals surface area contributed by atoms with Crippen LogP contribution in [0, 0.1) is 0 Å². The van der Waals surface area contributed by atoms with Gasteiger partial charge in [-0.1, -0.05) is 65.8 Å². The normalized spacial score (nSPS) is 25.7. The van der Waals surface area contributed by atoms with Crippen LogP contribution in [0.4, 0.5) is 0 Å². The van der Waals surface area contributed by atoms with Crippen molar-refractivity contribution in [2.24, 2.45) is 5.11 Å². The molecule has 2 N–H and O–H groups in total. The van der Waals surface area contributed by atoms with E-state index in [1.165, 1.54) is 0 Å². The molecule has 2 aromatic carbocycles. The van der Waals surface area contributed by atoms with E-state index in [1.54, 1.807) is 0 Å². The van der Waals surface area contributed by atoms with Crippen LogP contribution in [-0.4, -0.2) is 60.7 Å². The Morgan fingerprint density at radius 3 is 2.19 bits per heavy atom. The molecule has 1 aliphatic rings. The summed E-state index contributed by atoms with van der Waals surface area (Å²) in [5.41, 5.74) is 10.3. The van der Waals surface area contributed by atoms with Gasteiger partial charge in [-0.05, 0) is 16.7 Å². The summed E-state index contributed by atoms with van der Waals surface area (Å²) in [5, 5.41) is 24.9. The molecule has 166 valence electrons. The highest BCUT2D eigenvalue weighted by atomic mass is 16.7. The fourth-order valence-corrected chi connectivity index (χ4v) is 3.26. The Morgan fingerprint density at radius 2 is 1.55 bits per heavy atom. The van der Waals surface area contributed by atoms with Gasteiger partial charge in [-0.25, -0.2) is 0 Å². The van der Waals surface area contributed by atoms with Gasteiger partial charge in [-0.15, -0.1) is 0 Å². The lowest BCUT2D eigenvalue weighted by Crippen LogP contribution is -2.60. The zero-order valence-corrected chi connectivity index (χ0v) is 17.1. The molecule has 0 amide bonds. The Morgan fingerprint density at radius 1 is 0.903 bits per heavy atom. The van der Waals surface area contributed by atoms with E-state index < -0.39 is 30.7 Å². The molecule has 3 unspecified atom stereocenters. The predicted octanol–water partition coefficient (Wildman–Crippen LogP) is 2.56. The second kappa shape index (κ2) is 12.4. The lowest BCUT2D eigenvalue weighted by molar-refractivity contribution is -0.310. The topological polar surface area (TPSA) is 126 Å². The van der Waals surface area contributed by atoms with E-state index >= 15 is 0 Å². The molecule has 1 aliphatic heterocycles. The SMILES string of the molecule is [N-]=[N+]=NCCO[C@@H]1OC(COCc2ccccc2)[C@@H](O)C(OCc2ccccc2)C1O. The van der Waals surface area contributed by atoms with Crippen molar-refractivity contribution in [3.05, 3.63) is 82.2 Å². The third-order valence-electron chi connectivity index (χ3n) is 4.86. The number of rotatable bonds is 11. The third kappa shape index (κ3) is 7.02. The smallest absolute Gasteiger partial charge is 0.186 e. The van der Waals surface area contributed by atoms with E-state index in [0.29, 0.717) is 6.61 Å². The third-order valence-corrected chi connectivity index (χ3v) is 4.86. The maximum absolute atomic E-state index is 10.8. The van der Waals surface area contributed by atoms with E-state index in [-0.39, 0.29) is 26.4 Å². The van der Waals surface area contributed by atoms with Crippen molar-refractivity contribution in [1.29, 1.82) is 0 Å². The molecule has 1 saturated heterocycles. The van der Waals surface area contributed by atoms with E-state index in [2.05, 4.69) is 10.0 Å². The Bertz CT molecular complexity index is 819. The van der Waals surface area contributed by atoms with Gasteiger partial charge in [-0.3, -0.25) is 0 Å². The Labute approximate surface area is 180 Å². The second-order valence-corrected chi connectivity index (χ2v) is 7.11. The number of benzene rings is 2. The van der Waals surface area contributed by atoms with Gasteiger partial charge < -0.3 is 29.2 Å². The number of aliphatic hydroxyl groups excluding tert-OH is 2. The van der Waals surface area contributed by atoms with Gasteiger partial charge in [0.05, 0.1) is 26.4 Å². The average Bonchev–Trinajstić information content (AvgIpc) is 2.80. The first-order chi connectivity index (χ1) is 15.2. The van der Waals surface area contributed by atoms with Crippen molar-refractivity contribution in [3.8, 4) is 0 Å². The van der Waals surface area contributed by atoms with Crippen LogP contribution in [0.1, 0.15) is 11.1 Å². The number of hydrogen-bond acceptors (Lipinski definition) is 7. The molecule has 9 nitrogen and oxygen atoms in total. The van der Waals surface area contributed by atoms with Gasteiger partial charge in [-0.2, -0.15) is 0 Å². The molecule has 9 heteroatoms. The lowest BCUT2D eigenvalue weighted by atomic mass is 9.99. The fourth-order valence-electron chi connectivity index (χ4n) is 3.26. The summed E-state index contributed by atoms with van der Waals surface area (Å²) in [6.07, 6.45) is -5.11. The van der Waals surface area contributed by atoms with Crippen molar-refractivity contribution in [3.63, 3.8) is 0 Å². The minimum absolute atomic E-state index is 0.0604. The van der Waals surface area contributed by atoms with E-state index in [4.69, 9.17) is 24.5 Å². The predicted molar refractivity (Wildman–Crippen MR) is 112 cm³/mol. The monoisotopic (exact) mass is 429 g/mol. The van der Waals surface area contributed by atoms with E-state index in [9.17, 15) is 10.2 Å². The molecule has 3 rings (SSSR count). The van der Waals surface area contributed by atoms with Crippen LogP contribution in [0.5, 0.6) is 0 Å². The molecule has 1 fully saturated rings. The van der Waals surface area contributed by atoms with E-state index in [0.717, 1.165) is 11.1 Å². The molecule has 0 aromatic heterocycles. The standard InChI is InChI=1S/C22H27N3O6/c23-25-24-11-12-29-22-20(27)21(30-14-17-9-5-2-6-10-17)19(26)18(31-22)15-28-13-16-7-3-1-4-8-16/h1-10,18-22,26-27H,11-15H2/t18?,19-,20?,21?,22-/m1/s1. The minimum Gasteiger partial charge on any atom is -0.387 e. The first-order valence-electron chi connectivity index (χ1n) is 10.1. The van der Waals surface area contributed by atoms with Crippen LogP contribution in [0.3, 0.4) is 0 Å². The summed E-state index contributed by atoms with van der Waals surface area (Å²) in [6.45, 7) is 0.808. The van der Waals surface area contributed by atoms with Gasteiger partial charge in [0.15, 0.2) is 6.29 Å². The van der Waals surface area contributed by atoms with Gasteiger partial charge in [0.25, 0.3) is 0 Å². The van der Waals surface area contributed by atoms with E-state index in [1.807, 2.05) is 60.7 Å². The first-order valence-corrected chi connectivity index (χ1v) is 10.1. The summed E-state index contributed by atoms with van der Waals surface area (Å²) < 4.78 is 22.9. The summed E-state index contributed by atoms with van der Waals surface area (Å²) in [6, 6.07) is 19.1. The number of ether oxygens (including phenoxy) is 4. The fraction of sp³-hybridized carbons (Fsp3) is 0.455. The Balaban J connectivity index is 1.62. The summed E-state index contributed by atoms with van der Waals surface area (Å²) in [7, 11) is 0. The summed E-state index contributed by atoms with van der Waals surface area (Å²) in [4.78, 5) is 2.67. The molecule has 0 aliphatic carbocycles. The van der Waals surface area contributed by atoms with Gasteiger partial charge in [0.1, 0.15) is 24.4 Å². The maximum atomic E-state index is 10.8. The molecular formula is C22H27N3O6. The second-order valence-electron chi connectivity index (χ2n) is 7.11. The maximum Gasteiger partial charge on any atom is 0.186 e. The number of azide groups is 1. The molecular weight excluding hydrogens is 402 g/mol. The molecule has 0 bridgehead atoms. The Hall–Kier alpha value is -2.49. The van der Waals surface area contributed by atoms with Crippen molar-refractivity contribution in [1.82, 2.24) is 0 Å². The minimum atomic E-state index is -1.23. The number of nitrogens with zero attached hydrogens (tertiary/aromatic N) is 3. The lowest BCUT2D eigenvalue weighted by Gasteiger charge is -2.42. The van der Waals surface area contributed by atoms with Crippen LogP contribution >= 0.6 is 0 Å². The molecule has 1 heterocycles. The van der Waals surface area contributed by atoms with Gasteiger partial charge in [0, 0.05) is 11.5 Å². The largest absolute Gasteiger partial charge is 0.387 e. The number of aliphatic hydroxyl groups is 2. The number of hydrogen-bond donors (Lipinski definition) is 2. The van der Waals surface area contributed by atoms with Crippen molar-refractivity contribution in [2.45, 2.75) is 43.9 Å². The molecule has 0 spiro atoms. The summed E-state index contributed by atoms with van der Waals surface area (Å²) in [5.74, 6) is 0. The highest BCUT2D eigenvalue weighted by Gasteiger charge is 2.46. The average molecular weight is 429 g/mol. The summed E-state index contributed by atoms with van der Waals surface area (Å²) >= 11 is 0. The molecule has 0 saturated carbocycles. The highest BCUT2D eigenvalue weighted by molar-refractivity contribution is 5.14. The van der Waals surface area contributed by atoms with Gasteiger partial charge >= 0.3 is 0 Å². The zero-order valence-electron chi connectivity index (χ0n) is 17.1.